The van der Waals surface area contributed by atoms with Crippen molar-refractivity contribution < 1.29 is 9.90 Å². The zero-order valence-electron chi connectivity index (χ0n) is 11.3. The highest BCUT2D eigenvalue weighted by Crippen LogP contribution is 2.22. The quantitative estimate of drug-likeness (QED) is 0.779. The average Bonchev–Trinajstić information content (AvgIpc) is 2.47. The summed E-state index contributed by atoms with van der Waals surface area (Å²) in [6.45, 7) is 7.24. The molecule has 3 N–H and O–H groups in total. The molecule has 0 aromatic carbocycles. The van der Waals surface area contributed by atoms with Crippen molar-refractivity contribution in [2.45, 2.75) is 58.1 Å². The van der Waals surface area contributed by atoms with Crippen LogP contribution in [0.5, 0.6) is 0 Å². The minimum Gasteiger partial charge on any atom is -0.390 e. The lowest BCUT2D eigenvalue weighted by Gasteiger charge is -2.27. The Bertz CT molecular complexity index is 266. The van der Waals surface area contributed by atoms with Gasteiger partial charge in [0, 0.05) is 13.1 Å². The molecule has 1 aliphatic rings. The van der Waals surface area contributed by atoms with Gasteiger partial charge in [-0.3, -0.25) is 4.79 Å². The molecule has 0 aromatic rings. The van der Waals surface area contributed by atoms with Crippen molar-refractivity contribution in [3.05, 3.63) is 0 Å². The fourth-order valence-corrected chi connectivity index (χ4v) is 2.19. The molecule has 1 heterocycles. The van der Waals surface area contributed by atoms with E-state index >= 15 is 0 Å². The Kier molecular flexibility index (Phi) is 4.95. The fourth-order valence-electron chi connectivity index (χ4n) is 2.19. The Morgan fingerprint density at radius 2 is 2.12 bits per heavy atom. The second-order valence-corrected chi connectivity index (χ2v) is 5.59. The number of amides is 1. The fraction of sp³-hybridized carbons (Fsp3) is 0.923. The third-order valence-electron chi connectivity index (χ3n) is 3.92. The summed E-state index contributed by atoms with van der Waals surface area (Å²) in [5, 5.41) is 9.98. The SMILES string of the molecule is CCC(C)C(N)C(=O)N1CCCC(C)(O)CC1. The summed E-state index contributed by atoms with van der Waals surface area (Å²) in [4.78, 5) is 14.0. The zero-order chi connectivity index (χ0) is 13.1. The van der Waals surface area contributed by atoms with E-state index in [9.17, 15) is 9.90 Å². The van der Waals surface area contributed by atoms with Gasteiger partial charge in [0.2, 0.25) is 5.91 Å². The summed E-state index contributed by atoms with van der Waals surface area (Å²) in [5.41, 5.74) is 5.34. The highest BCUT2D eigenvalue weighted by Gasteiger charge is 2.30. The van der Waals surface area contributed by atoms with Crippen LogP contribution in [0, 0.1) is 5.92 Å². The van der Waals surface area contributed by atoms with Crippen LogP contribution in [0.1, 0.15) is 46.5 Å². The summed E-state index contributed by atoms with van der Waals surface area (Å²) >= 11 is 0. The maximum absolute atomic E-state index is 12.2. The summed E-state index contributed by atoms with van der Waals surface area (Å²) in [6, 6.07) is -0.400. The standard InChI is InChI=1S/C13H26N2O2/c1-4-10(2)11(14)12(16)15-8-5-6-13(3,17)7-9-15/h10-11,17H,4-9,14H2,1-3H3. The third-order valence-corrected chi connectivity index (χ3v) is 3.92. The molecule has 100 valence electrons. The zero-order valence-corrected chi connectivity index (χ0v) is 11.3. The first-order valence-electron chi connectivity index (χ1n) is 6.64. The lowest BCUT2D eigenvalue weighted by molar-refractivity contribution is -0.133. The maximum atomic E-state index is 12.2. The van der Waals surface area contributed by atoms with Gasteiger partial charge in [-0.05, 0) is 32.1 Å². The van der Waals surface area contributed by atoms with Crippen LogP contribution >= 0.6 is 0 Å². The van der Waals surface area contributed by atoms with Crippen LogP contribution in [0.2, 0.25) is 0 Å². The molecule has 0 bridgehead atoms. The number of aliphatic hydroxyl groups is 1. The Labute approximate surface area is 104 Å². The van der Waals surface area contributed by atoms with E-state index in [-0.39, 0.29) is 11.8 Å². The van der Waals surface area contributed by atoms with E-state index in [1.54, 1.807) is 0 Å². The minimum absolute atomic E-state index is 0.0389. The van der Waals surface area contributed by atoms with Crippen molar-refractivity contribution in [3.63, 3.8) is 0 Å². The van der Waals surface area contributed by atoms with Gasteiger partial charge in [-0.15, -0.1) is 0 Å². The van der Waals surface area contributed by atoms with Gasteiger partial charge in [0.1, 0.15) is 0 Å². The van der Waals surface area contributed by atoms with Crippen LogP contribution in [0.15, 0.2) is 0 Å². The Balaban J connectivity index is 2.58. The van der Waals surface area contributed by atoms with E-state index in [0.29, 0.717) is 13.0 Å². The summed E-state index contributed by atoms with van der Waals surface area (Å²) < 4.78 is 0. The predicted octanol–water partition coefficient (Wildman–Crippen LogP) is 1.12. The van der Waals surface area contributed by atoms with E-state index in [1.807, 2.05) is 25.7 Å². The number of hydrogen-bond acceptors (Lipinski definition) is 3. The van der Waals surface area contributed by atoms with Crippen molar-refractivity contribution in [1.29, 1.82) is 0 Å². The molecule has 0 aromatic heterocycles. The van der Waals surface area contributed by atoms with E-state index in [2.05, 4.69) is 0 Å². The number of rotatable bonds is 3. The van der Waals surface area contributed by atoms with Crippen LogP contribution < -0.4 is 5.73 Å². The average molecular weight is 242 g/mol. The molecule has 3 unspecified atom stereocenters. The molecule has 0 radical (unpaired) electrons. The third kappa shape index (κ3) is 3.96. The number of nitrogens with two attached hydrogens (primary N) is 1. The molecule has 4 heteroatoms. The molecule has 4 nitrogen and oxygen atoms in total. The minimum atomic E-state index is -0.629. The van der Waals surface area contributed by atoms with Crippen LogP contribution in [0.25, 0.3) is 0 Å². The second kappa shape index (κ2) is 5.83. The molecular formula is C13H26N2O2. The summed E-state index contributed by atoms with van der Waals surface area (Å²) in [7, 11) is 0. The Morgan fingerprint density at radius 3 is 2.71 bits per heavy atom. The molecular weight excluding hydrogens is 216 g/mol. The number of likely N-dealkylation sites (tertiary alicyclic amines) is 1. The summed E-state index contributed by atoms with van der Waals surface area (Å²) in [5.74, 6) is 0.253. The van der Waals surface area contributed by atoms with Crippen molar-refractivity contribution in [3.8, 4) is 0 Å². The molecule has 0 saturated carbocycles. The molecule has 0 spiro atoms. The molecule has 3 atom stereocenters. The first kappa shape index (κ1) is 14.5. The number of carbonyl (C=O) groups excluding carboxylic acids is 1. The molecule has 1 aliphatic heterocycles. The lowest BCUT2D eigenvalue weighted by atomic mass is 9.98. The molecule has 0 aliphatic carbocycles. The highest BCUT2D eigenvalue weighted by molar-refractivity contribution is 5.82. The first-order chi connectivity index (χ1) is 7.87. The van der Waals surface area contributed by atoms with Gasteiger partial charge >= 0.3 is 0 Å². The monoisotopic (exact) mass is 242 g/mol. The smallest absolute Gasteiger partial charge is 0.239 e. The lowest BCUT2D eigenvalue weighted by Crippen LogP contribution is -2.47. The van der Waals surface area contributed by atoms with Gasteiger partial charge in [0.15, 0.2) is 0 Å². The highest BCUT2D eigenvalue weighted by atomic mass is 16.3. The van der Waals surface area contributed by atoms with Crippen molar-refractivity contribution >= 4 is 5.91 Å². The van der Waals surface area contributed by atoms with Crippen molar-refractivity contribution in [2.75, 3.05) is 13.1 Å². The Morgan fingerprint density at radius 1 is 1.47 bits per heavy atom. The van der Waals surface area contributed by atoms with Crippen LogP contribution in [-0.2, 0) is 4.79 Å². The molecule has 1 amide bonds. The van der Waals surface area contributed by atoms with Crippen LogP contribution in [0.4, 0.5) is 0 Å². The second-order valence-electron chi connectivity index (χ2n) is 5.59. The van der Waals surface area contributed by atoms with E-state index in [4.69, 9.17) is 5.73 Å². The largest absolute Gasteiger partial charge is 0.390 e. The van der Waals surface area contributed by atoms with Gasteiger partial charge in [-0.1, -0.05) is 20.3 Å². The van der Waals surface area contributed by atoms with Crippen molar-refractivity contribution in [1.82, 2.24) is 4.90 Å². The van der Waals surface area contributed by atoms with Gasteiger partial charge in [0.25, 0.3) is 0 Å². The number of hydrogen-bond donors (Lipinski definition) is 2. The van der Waals surface area contributed by atoms with E-state index in [0.717, 1.165) is 25.8 Å². The number of carbonyl (C=O) groups is 1. The van der Waals surface area contributed by atoms with Crippen LogP contribution in [0.3, 0.4) is 0 Å². The molecule has 1 saturated heterocycles. The molecule has 1 fully saturated rings. The molecule has 1 rings (SSSR count). The van der Waals surface area contributed by atoms with Crippen molar-refractivity contribution in [2.24, 2.45) is 11.7 Å². The number of nitrogens with zero attached hydrogens (tertiary/aromatic N) is 1. The predicted molar refractivity (Wildman–Crippen MR) is 68.5 cm³/mol. The van der Waals surface area contributed by atoms with E-state index in [1.165, 1.54) is 0 Å². The topological polar surface area (TPSA) is 66.6 Å². The maximum Gasteiger partial charge on any atom is 0.239 e. The van der Waals surface area contributed by atoms with Gasteiger partial charge in [-0.25, -0.2) is 0 Å². The summed E-state index contributed by atoms with van der Waals surface area (Å²) in [6.07, 6.45) is 3.17. The molecule has 17 heavy (non-hydrogen) atoms. The first-order valence-corrected chi connectivity index (χ1v) is 6.64. The van der Waals surface area contributed by atoms with Gasteiger partial charge < -0.3 is 15.7 Å². The Hall–Kier alpha value is -0.610. The van der Waals surface area contributed by atoms with E-state index < -0.39 is 11.6 Å². The van der Waals surface area contributed by atoms with Gasteiger partial charge in [0.05, 0.1) is 11.6 Å². The normalized spacial score (nSPS) is 29.6. The van der Waals surface area contributed by atoms with Crippen LogP contribution in [-0.4, -0.2) is 40.6 Å². The van der Waals surface area contributed by atoms with Gasteiger partial charge in [-0.2, -0.15) is 0 Å².